The van der Waals surface area contributed by atoms with Crippen LogP contribution < -0.4 is 16.4 Å². The molecule has 20 heteroatoms. The summed E-state index contributed by atoms with van der Waals surface area (Å²) >= 11 is 2.56. The number of amidine groups is 1. The van der Waals surface area contributed by atoms with Crippen LogP contribution in [0.2, 0.25) is 0 Å². The minimum absolute atomic E-state index is 0.136. The average molecular weight is 714 g/mol. The number of benzene rings is 2. The molecule has 2 heterocycles. The summed E-state index contributed by atoms with van der Waals surface area (Å²) < 4.78 is 90.9. The number of carboxylic acid groups (broad SMARTS) is 2. The van der Waals surface area contributed by atoms with Gasteiger partial charge in [0.1, 0.15) is 5.84 Å². The maximum atomic E-state index is 13.4. The maximum Gasteiger partial charge on any atom is 0.490 e. The summed E-state index contributed by atoms with van der Waals surface area (Å²) in [6.07, 6.45) is -8.35. The number of hydrogen-bond acceptors (Lipinski definition) is 10. The van der Waals surface area contributed by atoms with Crippen LogP contribution in [0.1, 0.15) is 10.4 Å². The Morgan fingerprint density at radius 2 is 1.63 bits per heavy atom. The topological polar surface area (TPSA) is 195 Å². The van der Waals surface area contributed by atoms with Crippen molar-refractivity contribution in [3.8, 4) is 11.1 Å². The molecule has 3 aromatic rings. The Morgan fingerprint density at radius 1 is 1.04 bits per heavy atom. The number of aryl methyl sites for hydroxylation is 1. The number of thioether (sulfide) groups is 1. The van der Waals surface area contributed by atoms with Crippen LogP contribution in [0, 0.1) is 12.3 Å². The van der Waals surface area contributed by atoms with Crippen molar-refractivity contribution < 1.29 is 54.6 Å². The third-order valence-electron chi connectivity index (χ3n) is 5.51. The molecular formula is C26H25F6N5O6S3. The zero-order chi connectivity index (χ0) is 35.0. The Morgan fingerprint density at radius 3 is 2.09 bits per heavy atom. The Bertz CT molecular complexity index is 1720. The second-order valence-corrected chi connectivity index (χ2v) is 12.9. The number of nitrogen functional groups attached to an aromatic ring is 1. The molecule has 0 saturated carbocycles. The number of sulfone groups is 1. The van der Waals surface area contributed by atoms with Crippen LogP contribution in [0.4, 0.5) is 32.0 Å². The number of nitrogens with one attached hydrogen (secondary N) is 3. The van der Waals surface area contributed by atoms with E-state index in [4.69, 9.17) is 30.9 Å². The van der Waals surface area contributed by atoms with Gasteiger partial charge in [-0.05, 0) is 60.2 Å². The highest BCUT2D eigenvalue weighted by Crippen LogP contribution is 2.38. The minimum atomic E-state index is -5.08. The molecule has 7 N–H and O–H groups in total. The fourth-order valence-corrected chi connectivity index (χ4v) is 7.36. The standard InChI is InChI=1S/C22H23N5O2S3.2C2HF3O2/c1-13-10-15(27-22-25-8-9-26-22)6-7-17(13)14-4-3-5-16(11-14)32(28,29)19-12-18(20(23)24)31-21(19)30-2;2*3-2(4,5)1(6)7/h3-7,10-12H,8-9H2,1-2H3,(H3,23,24)(H2,25,26,27);2*(H,6,7). The van der Waals surface area contributed by atoms with E-state index in [2.05, 4.69) is 15.6 Å². The molecule has 4 rings (SSSR count). The van der Waals surface area contributed by atoms with Gasteiger partial charge in [0.25, 0.3) is 0 Å². The Labute approximate surface area is 266 Å². The number of anilines is 1. The van der Waals surface area contributed by atoms with Crippen molar-refractivity contribution in [2.24, 2.45) is 10.7 Å². The predicted octanol–water partition coefficient (Wildman–Crippen LogP) is 5.20. The molecule has 0 radical (unpaired) electrons. The first-order valence-corrected chi connectivity index (χ1v) is 15.8. The monoisotopic (exact) mass is 713 g/mol. The zero-order valence-corrected chi connectivity index (χ0v) is 26.0. The van der Waals surface area contributed by atoms with E-state index < -0.39 is 34.1 Å². The van der Waals surface area contributed by atoms with Gasteiger partial charge < -0.3 is 26.6 Å². The molecule has 0 unspecified atom stereocenters. The zero-order valence-electron chi connectivity index (χ0n) is 23.6. The number of carboxylic acids is 2. The van der Waals surface area contributed by atoms with E-state index in [9.17, 15) is 34.8 Å². The Kier molecular flexibility index (Phi) is 12.6. The number of alkyl halides is 6. The molecule has 1 aromatic heterocycles. The van der Waals surface area contributed by atoms with Gasteiger partial charge in [0, 0.05) is 12.2 Å². The largest absolute Gasteiger partial charge is 0.490 e. The summed E-state index contributed by atoms with van der Waals surface area (Å²) in [7, 11) is -3.76. The number of carbonyl (C=O) groups is 2. The van der Waals surface area contributed by atoms with E-state index in [-0.39, 0.29) is 15.6 Å². The van der Waals surface area contributed by atoms with Crippen molar-refractivity contribution in [2.75, 3.05) is 24.7 Å². The molecule has 0 spiro atoms. The van der Waals surface area contributed by atoms with Crippen LogP contribution in [0.5, 0.6) is 0 Å². The number of aliphatic imine (C=N–C) groups is 1. The van der Waals surface area contributed by atoms with E-state index >= 15 is 0 Å². The lowest BCUT2D eigenvalue weighted by Gasteiger charge is -2.12. The molecular weight excluding hydrogens is 689 g/mol. The van der Waals surface area contributed by atoms with E-state index in [1.165, 1.54) is 29.2 Å². The van der Waals surface area contributed by atoms with Crippen LogP contribution in [-0.4, -0.2) is 74.1 Å². The summed E-state index contributed by atoms with van der Waals surface area (Å²) in [6, 6.07) is 14.4. The summed E-state index contributed by atoms with van der Waals surface area (Å²) in [5, 5.41) is 28.3. The van der Waals surface area contributed by atoms with E-state index in [0.717, 1.165) is 41.4 Å². The average Bonchev–Trinajstić information content (AvgIpc) is 3.63. The van der Waals surface area contributed by atoms with Gasteiger partial charge in [0.2, 0.25) is 9.84 Å². The van der Waals surface area contributed by atoms with Crippen molar-refractivity contribution in [3.05, 3.63) is 59.0 Å². The van der Waals surface area contributed by atoms with Crippen LogP contribution in [0.25, 0.3) is 11.1 Å². The quantitative estimate of drug-likeness (QED) is 0.0856. The van der Waals surface area contributed by atoms with Crippen molar-refractivity contribution in [1.82, 2.24) is 5.32 Å². The maximum absolute atomic E-state index is 13.4. The molecule has 2 aromatic carbocycles. The predicted molar refractivity (Wildman–Crippen MR) is 160 cm³/mol. The number of nitrogens with two attached hydrogens (primary N) is 1. The highest BCUT2D eigenvalue weighted by Gasteiger charge is 2.39. The molecule has 1 aliphatic rings. The van der Waals surface area contributed by atoms with Gasteiger partial charge in [-0.2, -0.15) is 26.3 Å². The smallest absolute Gasteiger partial charge is 0.475 e. The second-order valence-electron chi connectivity index (χ2n) is 8.83. The molecule has 0 aliphatic carbocycles. The number of nitrogens with zero attached hydrogens (tertiary/aromatic N) is 1. The normalized spacial score (nSPS) is 12.8. The van der Waals surface area contributed by atoms with Gasteiger partial charge >= 0.3 is 24.3 Å². The molecule has 0 amide bonds. The Balaban J connectivity index is 0.000000440. The molecule has 0 saturated heterocycles. The molecule has 250 valence electrons. The summed E-state index contributed by atoms with van der Waals surface area (Å²) in [5.74, 6) is -4.89. The lowest BCUT2D eigenvalue weighted by Crippen LogP contribution is -2.26. The number of aliphatic carboxylic acids is 2. The van der Waals surface area contributed by atoms with Gasteiger partial charge in [-0.15, -0.1) is 23.1 Å². The van der Waals surface area contributed by atoms with Crippen molar-refractivity contribution >= 4 is 62.4 Å². The van der Waals surface area contributed by atoms with Crippen molar-refractivity contribution in [3.63, 3.8) is 0 Å². The van der Waals surface area contributed by atoms with Gasteiger partial charge in [-0.1, -0.05) is 18.2 Å². The lowest BCUT2D eigenvalue weighted by atomic mass is 10.00. The van der Waals surface area contributed by atoms with Crippen LogP contribution in [-0.2, 0) is 19.4 Å². The number of guanidine groups is 1. The molecule has 0 fully saturated rings. The second kappa shape index (κ2) is 15.3. The molecule has 0 atom stereocenters. The van der Waals surface area contributed by atoms with E-state index in [1.807, 2.05) is 37.4 Å². The van der Waals surface area contributed by atoms with Crippen molar-refractivity contribution in [1.29, 1.82) is 5.41 Å². The molecule has 46 heavy (non-hydrogen) atoms. The fraction of sp³-hybridized carbons (Fsp3) is 0.231. The molecule has 0 bridgehead atoms. The van der Waals surface area contributed by atoms with Crippen LogP contribution >= 0.6 is 23.1 Å². The Hall–Kier alpha value is -4.30. The summed E-state index contributed by atoms with van der Waals surface area (Å²) in [4.78, 5) is 23.0. The number of thiophene rings is 1. The van der Waals surface area contributed by atoms with Gasteiger partial charge in [0.05, 0.1) is 25.4 Å². The number of halogens is 6. The van der Waals surface area contributed by atoms with Crippen LogP contribution in [0.3, 0.4) is 0 Å². The summed E-state index contributed by atoms with van der Waals surface area (Å²) in [5.41, 5.74) is 9.29. The third kappa shape index (κ3) is 10.4. The van der Waals surface area contributed by atoms with E-state index in [0.29, 0.717) is 9.09 Å². The highest BCUT2D eigenvalue weighted by atomic mass is 32.2. The highest BCUT2D eigenvalue weighted by molar-refractivity contribution is 8.01. The van der Waals surface area contributed by atoms with Gasteiger partial charge in [-0.3, -0.25) is 10.4 Å². The first kappa shape index (κ1) is 37.9. The van der Waals surface area contributed by atoms with Gasteiger partial charge in [-0.25, -0.2) is 18.0 Å². The van der Waals surface area contributed by atoms with Crippen LogP contribution in [0.15, 0.2) is 67.5 Å². The SMILES string of the molecule is CSc1sc(C(=N)N)cc1S(=O)(=O)c1cccc(-c2ccc(NC3=NCCN3)cc2C)c1.O=C(O)C(F)(F)F.O=C(O)C(F)(F)F. The number of hydrogen-bond donors (Lipinski definition) is 6. The molecule has 1 aliphatic heterocycles. The van der Waals surface area contributed by atoms with E-state index in [1.54, 1.807) is 18.2 Å². The third-order valence-corrected chi connectivity index (χ3v) is 9.85. The summed E-state index contributed by atoms with van der Waals surface area (Å²) in [6.45, 7) is 3.59. The first-order chi connectivity index (χ1) is 21.2. The lowest BCUT2D eigenvalue weighted by molar-refractivity contribution is -0.193. The first-order valence-electron chi connectivity index (χ1n) is 12.3. The number of rotatable bonds is 6. The minimum Gasteiger partial charge on any atom is -0.475 e. The fourth-order valence-electron chi connectivity index (χ4n) is 3.46. The molecule has 11 nitrogen and oxygen atoms in total. The van der Waals surface area contributed by atoms with Gasteiger partial charge in [0.15, 0.2) is 5.96 Å². The van der Waals surface area contributed by atoms with Crippen molar-refractivity contribution in [2.45, 2.75) is 33.3 Å².